The minimum absolute atomic E-state index is 0.117. The molecule has 0 spiro atoms. The van der Waals surface area contributed by atoms with Gasteiger partial charge in [0.1, 0.15) is 11.8 Å². The van der Waals surface area contributed by atoms with Crippen molar-refractivity contribution in [1.29, 1.82) is 0 Å². The third-order valence-electron chi connectivity index (χ3n) is 9.71. The first-order valence-electron chi connectivity index (χ1n) is 12.6. The molecule has 1 radical (unpaired) electrons. The number of halogens is 2. The number of hydrogen-bond acceptors (Lipinski definition) is 4. The molecule has 185 valence electrons. The fourth-order valence-electron chi connectivity index (χ4n) is 8.26. The van der Waals surface area contributed by atoms with E-state index in [1.807, 2.05) is 10.9 Å². The molecule has 2 aromatic rings. The topological polar surface area (TPSA) is 55.1 Å². The standard InChI is InChI=1S/C28H31F2N2O2S/c1-27-12-16-14-31-32(19-6-4-18(30)5-7-19)23(16)11-17(27)3-8-20-21-9-10-22(26(34)35-15-29)28(21,2)13-24(33)25(20)27/h4-7,11,14,20-21,24-25,33H,3,8-10,12-13,15H2,1-2H3/t20-,21-,24-,25+,27-,28+/m0/s1. The summed E-state index contributed by atoms with van der Waals surface area (Å²) in [4.78, 5) is 12.7. The lowest BCUT2D eigenvalue weighted by atomic mass is 9.46. The van der Waals surface area contributed by atoms with Gasteiger partial charge in [-0.2, -0.15) is 5.10 Å². The summed E-state index contributed by atoms with van der Waals surface area (Å²) >= 11 is 0.761. The number of allylic oxidation sites excluding steroid dienone is 1. The van der Waals surface area contributed by atoms with Crippen molar-refractivity contribution in [2.75, 3.05) is 6.01 Å². The molecular formula is C28H31F2N2O2S. The second-order valence-electron chi connectivity index (χ2n) is 11.3. The monoisotopic (exact) mass is 497 g/mol. The van der Waals surface area contributed by atoms with E-state index in [4.69, 9.17) is 0 Å². The summed E-state index contributed by atoms with van der Waals surface area (Å²) in [6.07, 6.45) is 8.63. The van der Waals surface area contributed by atoms with Crippen molar-refractivity contribution >= 4 is 23.0 Å². The van der Waals surface area contributed by atoms with Gasteiger partial charge in [0.05, 0.1) is 29.6 Å². The lowest BCUT2D eigenvalue weighted by Gasteiger charge is -2.59. The zero-order valence-corrected chi connectivity index (χ0v) is 21.0. The third kappa shape index (κ3) is 3.41. The molecule has 0 saturated heterocycles. The molecule has 0 amide bonds. The van der Waals surface area contributed by atoms with E-state index in [1.54, 1.807) is 12.1 Å². The van der Waals surface area contributed by atoms with Crippen LogP contribution in [0.1, 0.15) is 57.2 Å². The number of hydrogen-bond donors (Lipinski definition) is 1. The number of thioether (sulfide) groups is 1. The molecule has 7 heteroatoms. The average Bonchev–Trinajstić information content (AvgIpc) is 3.37. The predicted octanol–water partition coefficient (Wildman–Crippen LogP) is 5.93. The first-order valence-corrected chi connectivity index (χ1v) is 13.6. The van der Waals surface area contributed by atoms with Crippen LogP contribution in [0.15, 0.2) is 36.0 Å². The van der Waals surface area contributed by atoms with Crippen molar-refractivity contribution in [2.24, 2.45) is 28.6 Å². The van der Waals surface area contributed by atoms with Gasteiger partial charge in [0.15, 0.2) is 5.12 Å². The van der Waals surface area contributed by atoms with Crippen LogP contribution in [0.25, 0.3) is 11.8 Å². The van der Waals surface area contributed by atoms with Gasteiger partial charge >= 0.3 is 0 Å². The van der Waals surface area contributed by atoms with Crippen molar-refractivity contribution in [3.05, 3.63) is 59.0 Å². The first-order chi connectivity index (χ1) is 16.8. The molecule has 1 aromatic heterocycles. The smallest absolute Gasteiger partial charge is 0.199 e. The number of carbonyl (C=O) groups is 1. The number of aliphatic hydroxyl groups is 1. The zero-order chi connectivity index (χ0) is 24.5. The van der Waals surface area contributed by atoms with E-state index in [-0.39, 0.29) is 27.7 Å². The number of rotatable bonds is 3. The fourth-order valence-corrected chi connectivity index (χ4v) is 8.86. The van der Waals surface area contributed by atoms with Crippen molar-refractivity contribution in [1.82, 2.24) is 9.78 Å². The maximum Gasteiger partial charge on any atom is 0.199 e. The molecule has 1 heterocycles. The minimum atomic E-state index is -0.697. The molecule has 4 aliphatic rings. The second-order valence-corrected chi connectivity index (χ2v) is 12.2. The number of fused-ring (bicyclic) bond motifs is 6. The molecule has 1 aromatic carbocycles. The molecule has 3 saturated carbocycles. The van der Waals surface area contributed by atoms with E-state index in [2.05, 4.69) is 25.0 Å². The third-order valence-corrected chi connectivity index (χ3v) is 10.3. The fraction of sp³-hybridized carbons (Fsp3) is 0.536. The summed E-state index contributed by atoms with van der Waals surface area (Å²) in [5.74, 6) is 1.36. The number of nitrogens with zero attached hydrogens (tertiary/aromatic N) is 2. The summed E-state index contributed by atoms with van der Waals surface area (Å²) in [7, 11) is 0. The van der Waals surface area contributed by atoms with Gasteiger partial charge in [-0.05, 0) is 103 Å². The molecule has 6 rings (SSSR count). The first kappa shape index (κ1) is 23.4. The van der Waals surface area contributed by atoms with Crippen LogP contribution in [-0.4, -0.2) is 32.1 Å². The van der Waals surface area contributed by atoms with Crippen molar-refractivity contribution in [3.63, 3.8) is 0 Å². The van der Waals surface area contributed by atoms with Gasteiger partial charge in [-0.3, -0.25) is 4.79 Å². The lowest BCUT2D eigenvalue weighted by molar-refractivity contribution is -0.121. The quantitative estimate of drug-likeness (QED) is 0.572. The highest BCUT2D eigenvalue weighted by Crippen LogP contribution is 2.67. The molecular weight excluding hydrogens is 466 g/mol. The van der Waals surface area contributed by atoms with Gasteiger partial charge in [0.25, 0.3) is 0 Å². The molecule has 3 fully saturated rings. The minimum Gasteiger partial charge on any atom is -0.393 e. The Morgan fingerprint density at radius 2 is 1.97 bits per heavy atom. The summed E-state index contributed by atoms with van der Waals surface area (Å²) in [6, 6.07) is 5.70. The normalized spacial score (nSPS) is 36.1. The van der Waals surface area contributed by atoms with Crippen molar-refractivity contribution in [2.45, 2.75) is 58.5 Å². The Labute approximate surface area is 209 Å². The maximum absolute atomic E-state index is 13.5. The molecule has 0 bridgehead atoms. The highest BCUT2D eigenvalue weighted by Gasteiger charge is 2.63. The Kier molecular flexibility index (Phi) is 5.53. The van der Waals surface area contributed by atoms with Gasteiger partial charge < -0.3 is 5.11 Å². The van der Waals surface area contributed by atoms with E-state index in [0.717, 1.165) is 66.7 Å². The van der Waals surface area contributed by atoms with Crippen LogP contribution < -0.4 is 0 Å². The predicted molar refractivity (Wildman–Crippen MR) is 133 cm³/mol. The summed E-state index contributed by atoms with van der Waals surface area (Å²) in [5, 5.41) is 16.1. The average molecular weight is 498 g/mol. The molecule has 6 atom stereocenters. The molecule has 4 nitrogen and oxygen atoms in total. The Morgan fingerprint density at radius 1 is 1.20 bits per heavy atom. The number of aromatic nitrogens is 2. The van der Waals surface area contributed by atoms with Crippen LogP contribution in [0.5, 0.6) is 0 Å². The maximum atomic E-state index is 13.5. The number of carbonyl (C=O) groups excluding carboxylic acids is 1. The summed E-state index contributed by atoms with van der Waals surface area (Å²) < 4.78 is 28.3. The van der Waals surface area contributed by atoms with Gasteiger partial charge in [-0.1, -0.05) is 31.2 Å². The molecule has 0 aliphatic heterocycles. The molecule has 35 heavy (non-hydrogen) atoms. The van der Waals surface area contributed by atoms with Gasteiger partial charge in [-0.25, -0.2) is 13.5 Å². The Morgan fingerprint density at radius 3 is 2.71 bits per heavy atom. The van der Waals surface area contributed by atoms with Gasteiger partial charge in [0, 0.05) is 0 Å². The Balaban J connectivity index is 1.33. The molecule has 0 unspecified atom stereocenters. The van der Waals surface area contributed by atoms with Gasteiger partial charge in [-0.15, -0.1) is 0 Å². The van der Waals surface area contributed by atoms with Crippen LogP contribution in [0, 0.1) is 40.3 Å². The van der Waals surface area contributed by atoms with Crippen LogP contribution in [0.3, 0.4) is 0 Å². The molecule has 4 aliphatic carbocycles. The summed E-state index contributed by atoms with van der Waals surface area (Å²) in [6.45, 7) is 4.43. The van der Waals surface area contributed by atoms with Crippen molar-refractivity contribution < 1.29 is 18.7 Å². The summed E-state index contributed by atoms with van der Waals surface area (Å²) in [5.41, 5.74) is 3.86. The zero-order valence-electron chi connectivity index (χ0n) is 20.1. The van der Waals surface area contributed by atoms with Crippen LogP contribution in [-0.2, 0) is 11.2 Å². The van der Waals surface area contributed by atoms with Crippen LogP contribution in [0.4, 0.5) is 8.78 Å². The number of aliphatic hydroxyl groups excluding tert-OH is 1. The van der Waals surface area contributed by atoms with Crippen LogP contribution >= 0.6 is 11.8 Å². The van der Waals surface area contributed by atoms with E-state index in [9.17, 15) is 18.7 Å². The van der Waals surface area contributed by atoms with E-state index >= 15 is 0 Å². The Hall–Kier alpha value is -1.99. The van der Waals surface area contributed by atoms with Gasteiger partial charge in [0.2, 0.25) is 0 Å². The van der Waals surface area contributed by atoms with Crippen LogP contribution in [0.2, 0.25) is 0 Å². The van der Waals surface area contributed by atoms with E-state index in [0.29, 0.717) is 18.3 Å². The highest BCUT2D eigenvalue weighted by atomic mass is 32.2. The number of alkyl halides is 1. The van der Waals surface area contributed by atoms with Crippen molar-refractivity contribution in [3.8, 4) is 5.69 Å². The largest absolute Gasteiger partial charge is 0.393 e. The Bertz CT molecular complexity index is 1190. The molecule has 1 N–H and O–H groups in total. The lowest BCUT2D eigenvalue weighted by Crippen LogP contribution is -2.57. The van der Waals surface area contributed by atoms with E-state index < -0.39 is 12.1 Å². The SMILES string of the molecule is C[C@@]12C[C@H](O)[C@H]3[C@@H](CCC4=Cc5c(cnn5-c5ccc(F)cc5)C[C@@]43C)[C@@H]1CC[C]2C(=O)SCF. The van der Waals surface area contributed by atoms with E-state index in [1.165, 1.54) is 17.7 Å². The highest BCUT2D eigenvalue weighted by molar-refractivity contribution is 8.13. The second kappa shape index (κ2) is 8.27. The number of benzene rings is 1.